The van der Waals surface area contributed by atoms with Crippen molar-refractivity contribution in [3.63, 3.8) is 0 Å². The van der Waals surface area contributed by atoms with Crippen LogP contribution >= 0.6 is 0 Å². The molecule has 0 unspecified atom stereocenters. The van der Waals surface area contributed by atoms with Crippen molar-refractivity contribution < 1.29 is 19.4 Å². The first-order valence-corrected chi connectivity index (χ1v) is 5.75. The lowest BCUT2D eigenvalue weighted by Gasteiger charge is -2.10. The largest absolute Gasteiger partial charge is 0.492 e. The molecule has 0 bridgehead atoms. The number of hydrogen-bond donors (Lipinski definition) is 2. The van der Waals surface area contributed by atoms with E-state index in [-0.39, 0.29) is 24.3 Å². The number of rotatable bonds is 5. The van der Waals surface area contributed by atoms with Crippen LogP contribution in [0.3, 0.4) is 0 Å². The van der Waals surface area contributed by atoms with Gasteiger partial charge < -0.3 is 15.6 Å². The number of primary amides is 1. The average Bonchev–Trinajstić information content (AvgIpc) is 2.37. The normalized spacial score (nSPS) is 10.3. The third kappa shape index (κ3) is 3.01. The summed E-state index contributed by atoms with van der Waals surface area (Å²) in [6, 6.07) is 10.6. The van der Waals surface area contributed by atoms with Gasteiger partial charge in [0.2, 0.25) is 5.91 Å². The molecule has 0 aliphatic rings. The third-order valence-electron chi connectivity index (χ3n) is 2.68. The molecule has 0 spiro atoms. The summed E-state index contributed by atoms with van der Waals surface area (Å²) in [5.41, 5.74) is 5.08. The van der Waals surface area contributed by atoms with Crippen molar-refractivity contribution in [3.05, 3.63) is 42.0 Å². The smallest absolute Gasteiger partial charge is 0.339 e. The van der Waals surface area contributed by atoms with Crippen LogP contribution in [0.4, 0.5) is 0 Å². The van der Waals surface area contributed by atoms with Gasteiger partial charge in [-0.2, -0.15) is 0 Å². The van der Waals surface area contributed by atoms with E-state index in [0.717, 1.165) is 10.8 Å². The quantitative estimate of drug-likeness (QED) is 0.856. The van der Waals surface area contributed by atoms with Gasteiger partial charge in [0.05, 0.1) is 13.0 Å². The molecule has 0 aromatic heterocycles. The Morgan fingerprint density at radius 1 is 1.16 bits per heavy atom. The van der Waals surface area contributed by atoms with Gasteiger partial charge in [-0.1, -0.05) is 24.3 Å². The Labute approximate surface area is 109 Å². The lowest BCUT2D eigenvalue weighted by Crippen LogP contribution is -2.15. The highest BCUT2D eigenvalue weighted by molar-refractivity contribution is 5.97. The van der Waals surface area contributed by atoms with Crippen molar-refractivity contribution >= 4 is 22.6 Å². The number of carbonyl (C=O) groups excluding carboxylic acids is 1. The summed E-state index contributed by atoms with van der Waals surface area (Å²) < 4.78 is 5.34. The van der Waals surface area contributed by atoms with Gasteiger partial charge in [0.15, 0.2) is 0 Å². The third-order valence-corrected chi connectivity index (χ3v) is 2.68. The number of aromatic carboxylic acids is 1. The van der Waals surface area contributed by atoms with Crippen LogP contribution in [-0.2, 0) is 4.79 Å². The van der Waals surface area contributed by atoms with E-state index in [9.17, 15) is 9.59 Å². The van der Waals surface area contributed by atoms with E-state index in [1.165, 1.54) is 0 Å². The fourth-order valence-electron chi connectivity index (χ4n) is 1.77. The molecule has 0 heterocycles. The van der Waals surface area contributed by atoms with Gasteiger partial charge in [0.1, 0.15) is 11.3 Å². The first kappa shape index (κ1) is 12.9. The van der Waals surface area contributed by atoms with Gasteiger partial charge in [0.25, 0.3) is 0 Å². The zero-order chi connectivity index (χ0) is 13.8. The Bertz CT molecular complexity index is 636. The maximum Gasteiger partial charge on any atom is 0.339 e. The summed E-state index contributed by atoms with van der Waals surface area (Å²) in [6.45, 7) is 0.0634. The fourth-order valence-corrected chi connectivity index (χ4v) is 1.77. The molecule has 2 aromatic carbocycles. The topological polar surface area (TPSA) is 89.6 Å². The van der Waals surface area contributed by atoms with Gasteiger partial charge in [0, 0.05) is 0 Å². The van der Waals surface area contributed by atoms with Gasteiger partial charge in [-0.15, -0.1) is 0 Å². The number of carbonyl (C=O) groups is 2. The molecule has 0 aliphatic heterocycles. The maximum absolute atomic E-state index is 11.2. The molecule has 0 aliphatic carbocycles. The van der Waals surface area contributed by atoms with E-state index in [2.05, 4.69) is 0 Å². The minimum Gasteiger partial charge on any atom is -0.492 e. The molecule has 2 aromatic rings. The lowest BCUT2D eigenvalue weighted by molar-refractivity contribution is -0.118. The molecule has 5 nitrogen and oxygen atoms in total. The number of nitrogens with two attached hydrogens (primary N) is 1. The highest BCUT2D eigenvalue weighted by atomic mass is 16.5. The number of hydrogen-bond acceptors (Lipinski definition) is 3. The summed E-state index contributed by atoms with van der Waals surface area (Å²) in [5.74, 6) is -1.31. The van der Waals surface area contributed by atoms with Crippen molar-refractivity contribution in [3.8, 4) is 5.75 Å². The van der Waals surface area contributed by atoms with Crippen LogP contribution in [0.25, 0.3) is 10.8 Å². The number of benzene rings is 2. The number of carboxylic acid groups (broad SMARTS) is 1. The summed E-state index contributed by atoms with van der Waals surface area (Å²) in [5, 5.41) is 10.9. The first-order valence-electron chi connectivity index (χ1n) is 5.75. The lowest BCUT2D eigenvalue weighted by atomic mass is 10.1. The maximum atomic E-state index is 11.2. The zero-order valence-electron chi connectivity index (χ0n) is 10.1. The predicted molar refractivity (Wildman–Crippen MR) is 70.2 cm³/mol. The highest BCUT2D eigenvalue weighted by Gasteiger charge is 2.13. The van der Waals surface area contributed by atoms with Crippen molar-refractivity contribution in [2.45, 2.75) is 6.42 Å². The van der Waals surface area contributed by atoms with Gasteiger partial charge in [-0.3, -0.25) is 4.79 Å². The zero-order valence-corrected chi connectivity index (χ0v) is 10.1. The van der Waals surface area contributed by atoms with E-state index >= 15 is 0 Å². The molecule has 19 heavy (non-hydrogen) atoms. The van der Waals surface area contributed by atoms with E-state index in [1.54, 1.807) is 12.1 Å². The molecule has 0 saturated heterocycles. The Hall–Kier alpha value is -2.56. The standard InChI is InChI=1S/C14H13NO4/c15-13(16)5-6-19-12-8-10-4-2-1-3-9(10)7-11(12)14(17)18/h1-4,7-8H,5-6H2,(H2,15,16)(H,17,18). The monoisotopic (exact) mass is 259 g/mol. The molecule has 5 heteroatoms. The number of carboxylic acids is 1. The Morgan fingerprint density at radius 3 is 2.37 bits per heavy atom. The van der Waals surface area contributed by atoms with Gasteiger partial charge in [-0.25, -0.2) is 4.79 Å². The average molecular weight is 259 g/mol. The van der Waals surface area contributed by atoms with E-state index in [1.807, 2.05) is 24.3 Å². The second-order valence-electron chi connectivity index (χ2n) is 4.07. The van der Waals surface area contributed by atoms with Crippen molar-refractivity contribution in [2.75, 3.05) is 6.61 Å². The summed E-state index contributed by atoms with van der Waals surface area (Å²) in [6.07, 6.45) is 0.0475. The van der Waals surface area contributed by atoms with Crippen molar-refractivity contribution in [1.82, 2.24) is 0 Å². The van der Waals surface area contributed by atoms with Crippen LogP contribution in [0.5, 0.6) is 5.75 Å². The number of fused-ring (bicyclic) bond motifs is 1. The summed E-state index contributed by atoms with van der Waals surface area (Å²) >= 11 is 0. The van der Waals surface area contributed by atoms with Crippen LogP contribution in [0.15, 0.2) is 36.4 Å². The minimum absolute atomic E-state index is 0.0475. The highest BCUT2D eigenvalue weighted by Crippen LogP contribution is 2.26. The van der Waals surface area contributed by atoms with Crippen LogP contribution in [0.1, 0.15) is 16.8 Å². The van der Waals surface area contributed by atoms with E-state index in [0.29, 0.717) is 0 Å². The van der Waals surface area contributed by atoms with E-state index in [4.69, 9.17) is 15.6 Å². The summed E-state index contributed by atoms with van der Waals surface area (Å²) in [4.78, 5) is 21.8. The molecule has 3 N–H and O–H groups in total. The molecule has 0 fully saturated rings. The molecular formula is C14H13NO4. The molecule has 0 atom stereocenters. The molecule has 2 rings (SSSR count). The minimum atomic E-state index is -1.07. The molecule has 0 radical (unpaired) electrons. The Morgan fingerprint density at radius 2 is 1.79 bits per heavy atom. The fraction of sp³-hybridized carbons (Fsp3) is 0.143. The van der Waals surface area contributed by atoms with E-state index < -0.39 is 11.9 Å². The van der Waals surface area contributed by atoms with Crippen LogP contribution in [0, 0.1) is 0 Å². The number of amides is 1. The Kier molecular flexibility index (Phi) is 3.66. The SMILES string of the molecule is NC(=O)CCOc1cc2ccccc2cc1C(=O)O. The van der Waals surface area contributed by atoms with Crippen LogP contribution in [0.2, 0.25) is 0 Å². The van der Waals surface area contributed by atoms with Crippen molar-refractivity contribution in [1.29, 1.82) is 0 Å². The van der Waals surface area contributed by atoms with Gasteiger partial charge >= 0.3 is 5.97 Å². The summed E-state index contributed by atoms with van der Waals surface area (Å²) in [7, 11) is 0. The molecule has 0 saturated carbocycles. The predicted octanol–water partition coefficient (Wildman–Crippen LogP) is 1.79. The second kappa shape index (κ2) is 5.39. The molecular weight excluding hydrogens is 246 g/mol. The first-order chi connectivity index (χ1) is 9.08. The van der Waals surface area contributed by atoms with Crippen LogP contribution < -0.4 is 10.5 Å². The number of ether oxygens (including phenoxy) is 1. The second-order valence-corrected chi connectivity index (χ2v) is 4.07. The molecule has 1 amide bonds. The van der Waals surface area contributed by atoms with Crippen LogP contribution in [-0.4, -0.2) is 23.6 Å². The van der Waals surface area contributed by atoms with Gasteiger partial charge in [-0.05, 0) is 22.9 Å². The van der Waals surface area contributed by atoms with Crippen molar-refractivity contribution in [2.24, 2.45) is 5.73 Å². The molecule has 98 valence electrons. The Balaban J connectivity index is 2.36.